The Morgan fingerprint density at radius 2 is 2.43 bits per heavy atom. The SMILES string of the molecule is Cl.c1ccc(SCC2CCNC2)nc1. The maximum atomic E-state index is 4.28. The fourth-order valence-corrected chi connectivity index (χ4v) is 2.49. The zero-order valence-electron chi connectivity index (χ0n) is 7.98. The highest BCUT2D eigenvalue weighted by molar-refractivity contribution is 7.99. The molecule has 2 nitrogen and oxygen atoms in total. The van der Waals surface area contributed by atoms with Crippen molar-refractivity contribution in [3.05, 3.63) is 24.4 Å². The van der Waals surface area contributed by atoms with Crippen LogP contribution in [0, 0.1) is 5.92 Å². The van der Waals surface area contributed by atoms with Crippen molar-refractivity contribution < 1.29 is 0 Å². The highest BCUT2D eigenvalue weighted by Crippen LogP contribution is 2.20. The van der Waals surface area contributed by atoms with E-state index in [1.54, 1.807) is 0 Å². The minimum absolute atomic E-state index is 0. The van der Waals surface area contributed by atoms with Crippen molar-refractivity contribution in [2.45, 2.75) is 11.4 Å². The Morgan fingerprint density at radius 3 is 3.07 bits per heavy atom. The number of thioether (sulfide) groups is 1. The first-order valence-electron chi connectivity index (χ1n) is 4.70. The average Bonchev–Trinajstić information content (AvgIpc) is 2.69. The van der Waals surface area contributed by atoms with E-state index in [-0.39, 0.29) is 12.4 Å². The first-order valence-corrected chi connectivity index (χ1v) is 5.68. The van der Waals surface area contributed by atoms with Gasteiger partial charge in [-0.15, -0.1) is 24.2 Å². The lowest BCUT2D eigenvalue weighted by atomic mass is 10.2. The summed E-state index contributed by atoms with van der Waals surface area (Å²) in [4.78, 5) is 4.28. The van der Waals surface area contributed by atoms with Gasteiger partial charge in [0.05, 0.1) is 5.03 Å². The van der Waals surface area contributed by atoms with E-state index in [0.29, 0.717) is 0 Å². The summed E-state index contributed by atoms with van der Waals surface area (Å²) in [7, 11) is 0. The van der Waals surface area contributed by atoms with Crippen LogP contribution in [0.1, 0.15) is 6.42 Å². The molecule has 0 saturated carbocycles. The number of nitrogens with zero attached hydrogens (tertiary/aromatic N) is 1. The number of halogens is 1. The molecule has 0 aliphatic carbocycles. The van der Waals surface area contributed by atoms with Gasteiger partial charge in [-0.3, -0.25) is 0 Å². The second-order valence-electron chi connectivity index (χ2n) is 3.34. The summed E-state index contributed by atoms with van der Waals surface area (Å²) >= 11 is 1.87. The maximum absolute atomic E-state index is 4.28. The van der Waals surface area contributed by atoms with Crippen molar-refractivity contribution in [1.29, 1.82) is 0 Å². The number of rotatable bonds is 3. The van der Waals surface area contributed by atoms with Gasteiger partial charge in [-0.1, -0.05) is 6.07 Å². The topological polar surface area (TPSA) is 24.9 Å². The van der Waals surface area contributed by atoms with Crippen LogP contribution >= 0.6 is 24.2 Å². The van der Waals surface area contributed by atoms with Crippen LogP contribution in [0.2, 0.25) is 0 Å². The molecule has 14 heavy (non-hydrogen) atoms. The normalized spacial score (nSPS) is 20.4. The Morgan fingerprint density at radius 1 is 1.50 bits per heavy atom. The van der Waals surface area contributed by atoms with Crippen molar-refractivity contribution in [3.8, 4) is 0 Å². The van der Waals surface area contributed by atoms with Gasteiger partial charge in [-0.05, 0) is 37.6 Å². The molecule has 1 atom stereocenters. The van der Waals surface area contributed by atoms with Gasteiger partial charge in [0, 0.05) is 11.9 Å². The van der Waals surface area contributed by atoms with E-state index < -0.39 is 0 Å². The molecule has 2 rings (SSSR count). The van der Waals surface area contributed by atoms with Crippen molar-refractivity contribution in [3.63, 3.8) is 0 Å². The van der Waals surface area contributed by atoms with Crippen LogP contribution in [0.5, 0.6) is 0 Å². The predicted molar refractivity (Wildman–Crippen MR) is 63.2 cm³/mol. The molecule has 1 aliphatic rings. The van der Waals surface area contributed by atoms with E-state index in [1.807, 2.05) is 30.1 Å². The Hall–Kier alpha value is -0.250. The lowest BCUT2D eigenvalue weighted by Gasteiger charge is -2.05. The lowest BCUT2D eigenvalue weighted by Crippen LogP contribution is -2.10. The van der Waals surface area contributed by atoms with Gasteiger partial charge in [-0.2, -0.15) is 0 Å². The van der Waals surface area contributed by atoms with Crippen molar-refractivity contribution in [2.75, 3.05) is 18.8 Å². The molecule has 1 fully saturated rings. The van der Waals surface area contributed by atoms with Crippen LogP contribution in [0.15, 0.2) is 29.4 Å². The molecule has 4 heteroatoms. The number of aromatic nitrogens is 1. The zero-order chi connectivity index (χ0) is 8.93. The van der Waals surface area contributed by atoms with Gasteiger partial charge in [-0.25, -0.2) is 4.98 Å². The predicted octanol–water partition coefficient (Wildman–Crippen LogP) is 2.21. The molecule has 1 aliphatic heterocycles. The van der Waals surface area contributed by atoms with Crippen LogP contribution in [-0.2, 0) is 0 Å². The number of nitrogens with one attached hydrogen (secondary N) is 1. The molecule has 0 radical (unpaired) electrons. The Bertz CT molecular complexity index is 250. The van der Waals surface area contributed by atoms with E-state index in [1.165, 1.54) is 25.3 Å². The molecular weight excluding hydrogens is 216 g/mol. The van der Waals surface area contributed by atoms with Crippen LogP contribution < -0.4 is 5.32 Å². The second kappa shape index (κ2) is 6.27. The monoisotopic (exact) mass is 230 g/mol. The summed E-state index contributed by atoms with van der Waals surface area (Å²) in [5, 5.41) is 4.52. The van der Waals surface area contributed by atoms with Gasteiger partial charge in [0.15, 0.2) is 0 Å². The molecule has 1 saturated heterocycles. The first-order chi connectivity index (χ1) is 6.45. The van der Waals surface area contributed by atoms with Gasteiger partial charge in [0.25, 0.3) is 0 Å². The summed E-state index contributed by atoms with van der Waals surface area (Å²) in [6.45, 7) is 2.37. The van der Waals surface area contributed by atoms with E-state index in [4.69, 9.17) is 0 Å². The minimum Gasteiger partial charge on any atom is -0.316 e. The lowest BCUT2D eigenvalue weighted by molar-refractivity contribution is 0.662. The molecule has 1 N–H and O–H groups in total. The van der Waals surface area contributed by atoms with Gasteiger partial charge >= 0.3 is 0 Å². The Labute approximate surface area is 95.3 Å². The summed E-state index contributed by atoms with van der Waals surface area (Å²) in [6, 6.07) is 6.08. The zero-order valence-corrected chi connectivity index (χ0v) is 9.61. The third-order valence-corrected chi connectivity index (χ3v) is 3.44. The maximum Gasteiger partial charge on any atom is 0.0959 e. The molecule has 0 aromatic carbocycles. The third kappa shape index (κ3) is 3.48. The van der Waals surface area contributed by atoms with Crippen molar-refractivity contribution in [1.82, 2.24) is 10.3 Å². The highest BCUT2D eigenvalue weighted by atomic mass is 35.5. The molecule has 1 unspecified atom stereocenters. The van der Waals surface area contributed by atoms with E-state index in [0.717, 1.165) is 10.9 Å². The Balaban J connectivity index is 0.000000980. The van der Waals surface area contributed by atoms with Crippen LogP contribution in [-0.4, -0.2) is 23.8 Å². The quantitative estimate of drug-likeness (QED) is 0.806. The van der Waals surface area contributed by atoms with Crippen molar-refractivity contribution in [2.24, 2.45) is 5.92 Å². The summed E-state index contributed by atoms with van der Waals surface area (Å²) in [6.07, 6.45) is 3.18. The van der Waals surface area contributed by atoms with Crippen LogP contribution in [0.3, 0.4) is 0 Å². The molecule has 0 amide bonds. The minimum atomic E-state index is 0. The standard InChI is InChI=1S/C10H14N2S.ClH/c1-2-5-12-10(3-1)13-8-9-4-6-11-7-9;/h1-3,5,9,11H,4,6-8H2;1H. The highest BCUT2D eigenvalue weighted by Gasteiger charge is 2.14. The van der Waals surface area contributed by atoms with E-state index in [2.05, 4.69) is 16.4 Å². The smallest absolute Gasteiger partial charge is 0.0959 e. The molecular formula is C10H15ClN2S. The van der Waals surface area contributed by atoms with Gasteiger partial charge in [0.2, 0.25) is 0 Å². The summed E-state index contributed by atoms with van der Waals surface area (Å²) in [5.41, 5.74) is 0. The average molecular weight is 231 g/mol. The van der Waals surface area contributed by atoms with Crippen LogP contribution in [0.4, 0.5) is 0 Å². The molecule has 1 aromatic heterocycles. The fraction of sp³-hybridized carbons (Fsp3) is 0.500. The summed E-state index contributed by atoms with van der Waals surface area (Å²) in [5.74, 6) is 2.04. The largest absolute Gasteiger partial charge is 0.316 e. The molecule has 1 aromatic rings. The van der Waals surface area contributed by atoms with Crippen LogP contribution in [0.25, 0.3) is 0 Å². The first kappa shape index (κ1) is 11.8. The second-order valence-corrected chi connectivity index (χ2v) is 4.38. The van der Waals surface area contributed by atoms with Crippen molar-refractivity contribution >= 4 is 24.2 Å². The van der Waals surface area contributed by atoms with Gasteiger partial charge < -0.3 is 5.32 Å². The number of hydrogen-bond acceptors (Lipinski definition) is 3. The molecule has 0 bridgehead atoms. The summed E-state index contributed by atoms with van der Waals surface area (Å²) < 4.78 is 0. The molecule has 0 spiro atoms. The van der Waals surface area contributed by atoms with E-state index >= 15 is 0 Å². The Kier molecular flexibility index (Phi) is 5.30. The van der Waals surface area contributed by atoms with Gasteiger partial charge in [0.1, 0.15) is 0 Å². The molecule has 2 heterocycles. The third-order valence-electron chi connectivity index (χ3n) is 2.27. The number of hydrogen-bond donors (Lipinski definition) is 1. The molecule has 78 valence electrons. The number of pyridine rings is 1. The van der Waals surface area contributed by atoms with E-state index in [9.17, 15) is 0 Å². The fourth-order valence-electron chi connectivity index (χ4n) is 1.49.